The van der Waals surface area contributed by atoms with Gasteiger partial charge in [0.2, 0.25) is 0 Å². The van der Waals surface area contributed by atoms with E-state index in [9.17, 15) is 9.18 Å². The molecule has 1 atom stereocenters. The minimum absolute atomic E-state index is 0.00306. The fraction of sp³-hybridized carbons (Fsp3) is 0.462. The van der Waals surface area contributed by atoms with Crippen LogP contribution in [0.25, 0.3) is 0 Å². The molecule has 0 N–H and O–H groups in total. The zero-order chi connectivity index (χ0) is 13.0. The van der Waals surface area contributed by atoms with Gasteiger partial charge in [-0.25, -0.2) is 4.39 Å². The van der Waals surface area contributed by atoms with Crippen LogP contribution in [0.5, 0.6) is 0 Å². The van der Waals surface area contributed by atoms with Crippen molar-refractivity contribution in [2.75, 3.05) is 7.11 Å². The fourth-order valence-corrected chi connectivity index (χ4v) is 1.94. The second kappa shape index (κ2) is 6.12. The summed E-state index contributed by atoms with van der Waals surface area (Å²) in [5.74, 6) is -0.598. The van der Waals surface area contributed by atoms with Crippen molar-refractivity contribution in [1.82, 2.24) is 0 Å². The van der Waals surface area contributed by atoms with Crippen molar-refractivity contribution >= 4 is 17.4 Å². The lowest BCUT2D eigenvalue weighted by Gasteiger charge is -2.17. The molecule has 94 valence electrons. The van der Waals surface area contributed by atoms with Crippen molar-refractivity contribution < 1.29 is 13.9 Å². The Balaban J connectivity index is 2.84. The Hall–Kier alpha value is -0.930. The SMILES string of the molecule is COC(C(=O)Cc1cccc(Cl)c1F)C(C)C. The van der Waals surface area contributed by atoms with E-state index < -0.39 is 11.9 Å². The third-order valence-corrected chi connectivity index (χ3v) is 2.86. The monoisotopic (exact) mass is 258 g/mol. The van der Waals surface area contributed by atoms with Crippen LogP contribution in [0, 0.1) is 11.7 Å². The van der Waals surface area contributed by atoms with E-state index in [-0.39, 0.29) is 23.1 Å². The van der Waals surface area contributed by atoms with Crippen molar-refractivity contribution in [1.29, 1.82) is 0 Å². The Morgan fingerprint density at radius 1 is 1.47 bits per heavy atom. The van der Waals surface area contributed by atoms with E-state index in [1.165, 1.54) is 13.2 Å². The van der Waals surface area contributed by atoms with Gasteiger partial charge in [0.15, 0.2) is 5.78 Å². The molecule has 0 saturated carbocycles. The van der Waals surface area contributed by atoms with Crippen LogP contribution in [0.1, 0.15) is 19.4 Å². The predicted octanol–water partition coefficient (Wildman–Crippen LogP) is 3.26. The minimum Gasteiger partial charge on any atom is -0.373 e. The number of benzene rings is 1. The van der Waals surface area contributed by atoms with E-state index in [1.807, 2.05) is 13.8 Å². The highest BCUT2D eigenvalue weighted by Gasteiger charge is 2.22. The highest BCUT2D eigenvalue weighted by atomic mass is 35.5. The van der Waals surface area contributed by atoms with Gasteiger partial charge in [0, 0.05) is 13.5 Å². The van der Waals surface area contributed by atoms with Crippen LogP contribution in [-0.4, -0.2) is 19.0 Å². The quantitative estimate of drug-likeness (QED) is 0.810. The number of Topliss-reactive ketones (excluding diaryl/α,β-unsaturated/α-hetero) is 1. The summed E-state index contributed by atoms with van der Waals surface area (Å²) in [6.07, 6.45) is -0.503. The predicted molar refractivity (Wildman–Crippen MR) is 65.8 cm³/mol. The van der Waals surface area contributed by atoms with Crippen molar-refractivity contribution in [2.45, 2.75) is 26.4 Å². The number of ether oxygens (including phenoxy) is 1. The maximum absolute atomic E-state index is 13.6. The third-order valence-electron chi connectivity index (χ3n) is 2.57. The van der Waals surface area contributed by atoms with Gasteiger partial charge in [0.1, 0.15) is 11.9 Å². The Morgan fingerprint density at radius 3 is 2.65 bits per heavy atom. The smallest absolute Gasteiger partial charge is 0.166 e. The molecule has 0 fully saturated rings. The number of methoxy groups -OCH3 is 1. The zero-order valence-electron chi connectivity index (χ0n) is 10.2. The van der Waals surface area contributed by atoms with E-state index >= 15 is 0 Å². The van der Waals surface area contributed by atoms with Gasteiger partial charge in [-0.3, -0.25) is 4.79 Å². The molecule has 4 heteroatoms. The van der Waals surface area contributed by atoms with Gasteiger partial charge >= 0.3 is 0 Å². The molecule has 0 saturated heterocycles. The molecule has 1 aromatic carbocycles. The second-order valence-corrected chi connectivity index (χ2v) is 4.66. The van der Waals surface area contributed by atoms with Gasteiger partial charge in [0.05, 0.1) is 5.02 Å². The summed E-state index contributed by atoms with van der Waals surface area (Å²) >= 11 is 5.66. The summed E-state index contributed by atoms with van der Waals surface area (Å²) in [7, 11) is 1.48. The average molecular weight is 259 g/mol. The van der Waals surface area contributed by atoms with Crippen LogP contribution in [0.4, 0.5) is 4.39 Å². The van der Waals surface area contributed by atoms with Crippen LogP contribution in [-0.2, 0) is 16.0 Å². The van der Waals surface area contributed by atoms with Crippen molar-refractivity contribution in [3.8, 4) is 0 Å². The molecule has 1 aromatic rings. The van der Waals surface area contributed by atoms with Crippen LogP contribution >= 0.6 is 11.6 Å². The van der Waals surface area contributed by atoms with Gasteiger partial charge in [0.25, 0.3) is 0 Å². The van der Waals surface area contributed by atoms with Gasteiger partial charge in [-0.2, -0.15) is 0 Å². The lowest BCUT2D eigenvalue weighted by atomic mass is 9.97. The molecule has 0 amide bonds. The molecule has 1 unspecified atom stereocenters. The van der Waals surface area contributed by atoms with E-state index in [0.29, 0.717) is 5.56 Å². The number of halogens is 2. The summed E-state index contributed by atoms with van der Waals surface area (Å²) in [5, 5.41) is 0.0359. The Kier molecular flexibility index (Phi) is 5.09. The van der Waals surface area contributed by atoms with Crippen molar-refractivity contribution in [3.05, 3.63) is 34.6 Å². The maximum atomic E-state index is 13.6. The van der Waals surface area contributed by atoms with E-state index in [2.05, 4.69) is 0 Å². The molecule has 0 aliphatic rings. The van der Waals surface area contributed by atoms with Gasteiger partial charge in [-0.05, 0) is 17.5 Å². The van der Waals surface area contributed by atoms with Crippen LogP contribution in [0.15, 0.2) is 18.2 Å². The summed E-state index contributed by atoms with van der Waals surface area (Å²) in [5.41, 5.74) is 0.310. The van der Waals surface area contributed by atoms with Gasteiger partial charge in [-0.1, -0.05) is 37.6 Å². The first-order chi connectivity index (χ1) is 7.97. The van der Waals surface area contributed by atoms with E-state index in [1.54, 1.807) is 12.1 Å². The topological polar surface area (TPSA) is 26.3 Å². The molecule has 17 heavy (non-hydrogen) atoms. The van der Waals surface area contributed by atoms with Gasteiger partial charge < -0.3 is 4.74 Å². The molecule has 0 radical (unpaired) electrons. The van der Waals surface area contributed by atoms with Crippen molar-refractivity contribution in [2.24, 2.45) is 5.92 Å². The zero-order valence-corrected chi connectivity index (χ0v) is 10.9. The van der Waals surface area contributed by atoms with Crippen molar-refractivity contribution in [3.63, 3.8) is 0 Å². The summed E-state index contributed by atoms with van der Waals surface area (Å²) in [4.78, 5) is 11.9. The van der Waals surface area contributed by atoms with Gasteiger partial charge in [-0.15, -0.1) is 0 Å². The average Bonchev–Trinajstić information content (AvgIpc) is 2.25. The fourth-order valence-electron chi connectivity index (χ4n) is 1.75. The first-order valence-electron chi connectivity index (χ1n) is 5.45. The molecule has 0 spiro atoms. The van der Waals surface area contributed by atoms with E-state index in [0.717, 1.165) is 0 Å². The molecule has 0 bridgehead atoms. The highest BCUT2D eigenvalue weighted by Crippen LogP contribution is 2.19. The summed E-state index contributed by atoms with van der Waals surface area (Å²) in [6, 6.07) is 4.65. The normalized spacial score (nSPS) is 12.8. The number of hydrogen-bond donors (Lipinski definition) is 0. The van der Waals surface area contributed by atoms with Crippen LogP contribution in [0.2, 0.25) is 5.02 Å². The number of carbonyl (C=O) groups excluding carboxylic acids is 1. The lowest BCUT2D eigenvalue weighted by Crippen LogP contribution is -2.30. The first kappa shape index (κ1) is 14.1. The molecule has 1 rings (SSSR count). The summed E-state index contributed by atoms with van der Waals surface area (Å²) in [6.45, 7) is 3.78. The Labute approximate surface area is 106 Å². The lowest BCUT2D eigenvalue weighted by molar-refractivity contribution is -0.130. The maximum Gasteiger partial charge on any atom is 0.166 e. The Bertz CT molecular complexity index is 404. The molecule has 0 aliphatic heterocycles. The second-order valence-electron chi connectivity index (χ2n) is 4.26. The largest absolute Gasteiger partial charge is 0.373 e. The molecule has 0 heterocycles. The highest BCUT2D eigenvalue weighted by molar-refractivity contribution is 6.30. The molecule has 2 nitrogen and oxygen atoms in total. The third kappa shape index (κ3) is 3.51. The molecular formula is C13H16ClFO2. The number of hydrogen-bond acceptors (Lipinski definition) is 2. The summed E-state index contributed by atoms with van der Waals surface area (Å²) < 4.78 is 18.7. The Morgan fingerprint density at radius 2 is 2.12 bits per heavy atom. The first-order valence-corrected chi connectivity index (χ1v) is 5.83. The number of rotatable bonds is 5. The number of carbonyl (C=O) groups is 1. The molecular weight excluding hydrogens is 243 g/mol. The minimum atomic E-state index is -0.527. The molecule has 0 aliphatic carbocycles. The van der Waals surface area contributed by atoms with E-state index in [4.69, 9.17) is 16.3 Å². The molecule has 0 aromatic heterocycles. The standard InChI is InChI=1S/C13H16ClFO2/c1-8(2)13(17-3)11(16)7-9-5-4-6-10(14)12(9)15/h4-6,8,13H,7H2,1-3H3. The van der Waals surface area contributed by atoms with Crippen LogP contribution in [0.3, 0.4) is 0 Å². The van der Waals surface area contributed by atoms with Crippen LogP contribution < -0.4 is 0 Å². The number of ketones is 1.